The summed E-state index contributed by atoms with van der Waals surface area (Å²) in [7, 11) is 0. The number of hydrogen-bond acceptors (Lipinski definition) is 6. The van der Waals surface area contributed by atoms with Gasteiger partial charge in [-0.05, 0) is 36.8 Å². The summed E-state index contributed by atoms with van der Waals surface area (Å²) in [6.45, 7) is 3.99. The molecule has 2 heterocycles. The van der Waals surface area contributed by atoms with E-state index < -0.39 is 0 Å². The van der Waals surface area contributed by atoms with Gasteiger partial charge in [-0.15, -0.1) is 0 Å². The fourth-order valence-electron chi connectivity index (χ4n) is 3.39. The second-order valence-electron chi connectivity index (χ2n) is 7.54. The topological polar surface area (TPSA) is 85.1 Å². The number of hydrogen-bond donors (Lipinski definition) is 0. The van der Waals surface area contributed by atoms with Gasteiger partial charge in [0.2, 0.25) is 5.76 Å². The van der Waals surface area contributed by atoms with Crippen molar-refractivity contribution in [1.29, 1.82) is 0 Å². The van der Waals surface area contributed by atoms with Crippen LogP contribution in [0.4, 0.5) is 0 Å². The number of rotatable bonds is 7. The summed E-state index contributed by atoms with van der Waals surface area (Å²) in [6.07, 6.45) is 0. The average molecular weight is 435 g/mol. The van der Waals surface area contributed by atoms with E-state index >= 15 is 0 Å². The molecule has 0 saturated carbocycles. The van der Waals surface area contributed by atoms with E-state index in [4.69, 9.17) is 14.0 Å². The molecule has 3 aromatic rings. The lowest BCUT2D eigenvalue weighted by atomic mass is 10.2. The van der Waals surface area contributed by atoms with Gasteiger partial charge in [-0.3, -0.25) is 9.59 Å². The molecule has 0 radical (unpaired) electrons. The van der Waals surface area contributed by atoms with Crippen LogP contribution in [0.25, 0.3) is 0 Å². The standard InChI is InChI=1S/C24H25N3O5/c1-18-15-22(32-25-18)24(29)27-13-11-26(12-14-27)23(28)17-31-21-9-7-20(8-10-21)30-16-19-5-3-2-4-6-19/h2-10,15H,11-14,16-17H2,1H3. The van der Waals surface area contributed by atoms with Crippen LogP contribution in [0.2, 0.25) is 0 Å². The Morgan fingerprint density at radius 3 is 2.16 bits per heavy atom. The molecule has 166 valence electrons. The van der Waals surface area contributed by atoms with Crippen molar-refractivity contribution in [3.63, 3.8) is 0 Å². The summed E-state index contributed by atoms with van der Waals surface area (Å²) in [5.41, 5.74) is 1.76. The third kappa shape index (κ3) is 5.46. The summed E-state index contributed by atoms with van der Waals surface area (Å²) in [4.78, 5) is 28.3. The molecule has 0 unspecified atom stereocenters. The van der Waals surface area contributed by atoms with Crippen molar-refractivity contribution in [3.05, 3.63) is 77.7 Å². The Labute approximate surface area is 186 Å². The lowest BCUT2D eigenvalue weighted by Gasteiger charge is -2.34. The molecule has 1 saturated heterocycles. The van der Waals surface area contributed by atoms with Gasteiger partial charge < -0.3 is 23.8 Å². The lowest BCUT2D eigenvalue weighted by molar-refractivity contribution is -0.134. The maximum atomic E-state index is 12.5. The molecule has 2 aromatic carbocycles. The van der Waals surface area contributed by atoms with E-state index in [2.05, 4.69) is 5.16 Å². The molecule has 0 bridgehead atoms. The van der Waals surface area contributed by atoms with Gasteiger partial charge in [0.25, 0.3) is 11.8 Å². The van der Waals surface area contributed by atoms with Gasteiger partial charge in [0.15, 0.2) is 6.61 Å². The minimum absolute atomic E-state index is 0.0561. The fourth-order valence-corrected chi connectivity index (χ4v) is 3.39. The van der Waals surface area contributed by atoms with Gasteiger partial charge in [0, 0.05) is 32.2 Å². The molecule has 1 fully saturated rings. The van der Waals surface area contributed by atoms with Gasteiger partial charge in [0.05, 0.1) is 5.69 Å². The zero-order chi connectivity index (χ0) is 22.3. The highest BCUT2D eigenvalue weighted by Gasteiger charge is 2.26. The molecule has 32 heavy (non-hydrogen) atoms. The molecule has 1 aromatic heterocycles. The summed E-state index contributed by atoms with van der Waals surface area (Å²) in [5, 5.41) is 3.75. The number of carbonyl (C=O) groups excluding carboxylic acids is 2. The van der Waals surface area contributed by atoms with Crippen molar-refractivity contribution in [1.82, 2.24) is 15.0 Å². The Bertz CT molecular complexity index is 1040. The van der Waals surface area contributed by atoms with Crippen LogP contribution in [0.1, 0.15) is 21.8 Å². The number of aryl methyl sites for hydroxylation is 1. The van der Waals surface area contributed by atoms with Crippen LogP contribution in [-0.2, 0) is 11.4 Å². The van der Waals surface area contributed by atoms with E-state index in [1.165, 1.54) is 0 Å². The number of carbonyl (C=O) groups is 2. The molecule has 4 rings (SSSR count). The van der Waals surface area contributed by atoms with Crippen LogP contribution in [0.5, 0.6) is 11.5 Å². The largest absolute Gasteiger partial charge is 0.489 e. The first-order valence-corrected chi connectivity index (χ1v) is 10.5. The Kier molecular flexibility index (Phi) is 6.69. The Balaban J connectivity index is 1.20. The number of amides is 2. The van der Waals surface area contributed by atoms with Crippen LogP contribution in [0.3, 0.4) is 0 Å². The highest BCUT2D eigenvalue weighted by Crippen LogP contribution is 2.19. The van der Waals surface area contributed by atoms with Crippen molar-refractivity contribution < 1.29 is 23.6 Å². The number of nitrogens with zero attached hydrogens (tertiary/aromatic N) is 3. The zero-order valence-corrected chi connectivity index (χ0v) is 17.9. The molecular weight excluding hydrogens is 410 g/mol. The molecular formula is C24H25N3O5. The Hall–Kier alpha value is -3.81. The molecule has 1 aliphatic rings. The minimum atomic E-state index is -0.205. The van der Waals surface area contributed by atoms with Gasteiger partial charge in [-0.1, -0.05) is 35.5 Å². The van der Waals surface area contributed by atoms with Gasteiger partial charge in [0.1, 0.15) is 18.1 Å². The maximum absolute atomic E-state index is 12.5. The van der Waals surface area contributed by atoms with Crippen molar-refractivity contribution in [2.75, 3.05) is 32.8 Å². The first-order valence-electron chi connectivity index (χ1n) is 10.5. The monoisotopic (exact) mass is 435 g/mol. The Morgan fingerprint density at radius 2 is 1.53 bits per heavy atom. The highest BCUT2D eigenvalue weighted by molar-refractivity contribution is 5.91. The van der Waals surface area contributed by atoms with E-state index in [1.807, 2.05) is 42.5 Å². The van der Waals surface area contributed by atoms with Crippen LogP contribution < -0.4 is 9.47 Å². The van der Waals surface area contributed by atoms with E-state index in [0.717, 1.165) is 11.3 Å². The van der Waals surface area contributed by atoms with E-state index in [9.17, 15) is 9.59 Å². The fraction of sp³-hybridized carbons (Fsp3) is 0.292. The normalized spacial score (nSPS) is 13.7. The van der Waals surface area contributed by atoms with Crippen LogP contribution in [0, 0.1) is 6.92 Å². The summed E-state index contributed by atoms with van der Waals surface area (Å²) in [6, 6.07) is 18.7. The summed E-state index contributed by atoms with van der Waals surface area (Å²) in [5.74, 6) is 1.23. The van der Waals surface area contributed by atoms with Gasteiger partial charge in [-0.25, -0.2) is 0 Å². The SMILES string of the molecule is Cc1cc(C(=O)N2CCN(C(=O)COc3ccc(OCc4ccccc4)cc3)CC2)on1. The van der Waals surface area contributed by atoms with Crippen LogP contribution in [-0.4, -0.2) is 59.6 Å². The predicted molar refractivity (Wildman–Crippen MR) is 116 cm³/mol. The number of benzene rings is 2. The van der Waals surface area contributed by atoms with Crippen LogP contribution >= 0.6 is 0 Å². The van der Waals surface area contributed by atoms with E-state index in [0.29, 0.717) is 44.2 Å². The van der Waals surface area contributed by atoms with Crippen molar-refractivity contribution in [2.45, 2.75) is 13.5 Å². The molecule has 0 aliphatic carbocycles. The Morgan fingerprint density at radius 1 is 0.906 bits per heavy atom. The van der Waals surface area contributed by atoms with Crippen molar-refractivity contribution in [2.24, 2.45) is 0 Å². The molecule has 8 heteroatoms. The predicted octanol–water partition coefficient (Wildman–Crippen LogP) is 2.93. The quantitative estimate of drug-likeness (QED) is 0.567. The van der Waals surface area contributed by atoms with Crippen molar-refractivity contribution >= 4 is 11.8 Å². The van der Waals surface area contributed by atoms with Gasteiger partial charge in [-0.2, -0.15) is 0 Å². The lowest BCUT2D eigenvalue weighted by Crippen LogP contribution is -2.51. The second-order valence-corrected chi connectivity index (χ2v) is 7.54. The third-order valence-corrected chi connectivity index (χ3v) is 5.19. The second kappa shape index (κ2) is 10.00. The van der Waals surface area contributed by atoms with E-state index in [1.54, 1.807) is 34.9 Å². The van der Waals surface area contributed by atoms with Gasteiger partial charge >= 0.3 is 0 Å². The highest BCUT2D eigenvalue weighted by atomic mass is 16.5. The third-order valence-electron chi connectivity index (χ3n) is 5.19. The maximum Gasteiger partial charge on any atom is 0.292 e. The minimum Gasteiger partial charge on any atom is -0.489 e. The molecule has 1 aliphatic heterocycles. The number of piperazine rings is 1. The van der Waals surface area contributed by atoms with E-state index in [-0.39, 0.29) is 24.2 Å². The first kappa shape index (κ1) is 21.4. The van der Waals surface area contributed by atoms with Crippen LogP contribution in [0.15, 0.2) is 65.2 Å². The smallest absolute Gasteiger partial charge is 0.292 e. The van der Waals surface area contributed by atoms with Crippen molar-refractivity contribution in [3.8, 4) is 11.5 Å². The molecule has 0 atom stereocenters. The molecule has 2 amide bonds. The first-order chi connectivity index (χ1) is 15.6. The summed E-state index contributed by atoms with van der Waals surface area (Å²) < 4.78 is 16.4. The molecule has 0 spiro atoms. The number of ether oxygens (including phenoxy) is 2. The molecule has 0 N–H and O–H groups in total. The summed E-state index contributed by atoms with van der Waals surface area (Å²) >= 11 is 0. The zero-order valence-electron chi connectivity index (χ0n) is 17.9. The molecule has 8 nitrogen and oxygen atoms in total. The average Bonchev–Trinajstić information content (AvgIpc) is 3.28. The number of aromatic nitrogens is 1.